The number of aryl methyl sites for hydroxylation is 1. The highest BCUT2D eigenvalue weighted by molar-refractivity contribution is 5.90. The molecular weight excluding hydrogens is 442 g/mol. The van der Waals surface area contributed by atoms with Crippen molar-refractivity contribution in [2.45, 2.75) is 65.5 Å². The predicted octanol–water partition coefficient (Wildman–Crippen LogP) is 4.51. The van der Waals surface area contributed by atoms with E-state index in [4.69, 9.17) is 24.5 Å². The molecule has 0 aliphatic heterocycles. The Hall–Kier alpha value is -2.78. The van der Waals surface area contributed by atoms with Gasteiger partial charge in [0.05, 0.1) is 24.9 Å². The van der Waals surface area contributed by atoms with E-state index in [-0.39, 0.29) is 6.10 Å². The van der Waals surface area contributed by atoms with E-state index in [0.717, 1.165) is 34.5 Å². The van der Waals surface area contributed by atoms with Crippen molar-refractivity contribution in [3.63, 3.8) is 0 Å². The fourth-order valence-electron chi connectivity index (χ4n) is 4.83. The first kappa shape index (κ1) is 25.3. The summed E-state index contributed by atoms with van der Waals surface area (Å²) in [4.78, 5) is 16.2. The lowest BCUT2D eigenvalue weighted by Gasteiger charge is -2.22. The third-order valence-corrected chi connectivity index (χ3v) is 6.56. The molecule has 0 radical (unpaired) electrons. The molecule has 1 N–H and O–H groups in total. The molecule has 0 saturated heterocycles. The van der Waals surface area contributed by atoms with Gasteiger partial charge in [-0.15, -0.1) is 0 Å². The van der Waals surface area contributed by atoms with E-state index in [2.05, 4.69) is 24.1 Å². The maximum atomic E-state index is 6.25. The topological polar surface area (TPSA) is 90.2 Å². The van der Waals surface area contributed by atoms with Crippen molar-refractivity contribution in [2.24, 2.45) is 5.92 Å². The molecule has 3 aromatic heterocycles. The molecule has 9 heteroatoms. The molecule has 3 heterocycles. The van der Waals surface area contributed by atoms with E-state index < -0.39 is 0 Å². The number of rotatable bonds is 12. The Morgan fingerprint density at radius 2 is 1.97 bits per heavy atom. The molecule has 9 nitrogen and oxygen atoms in total. The summed E-state index contributed by atoms with van der Waals surface area (Å²) in [6, 6.07) is 3.99. The molecule has 4 rings (SSSR count). The Morgan fingerprint density at radius 3 is 2.66 bits per heavy atom. The predicted molar refractivity (Wildman–Crippen MR) is 139 cm³/mol. The summed E-state index contributed by atoms with van der Waals surface area (Å²) in [5.74, 6) is 2.64. The molecule has 1 aliphatic rings. The lowest BCUT2D eigenvalue weighted by molar-refractivity contribution is 0.0215. The maximum absolute atomic E-state index is 6.25. The van der Waals surface area contributed by atoms with Crippen LogP contribution in [0.1, 0.15) is 50.8 Å². The van der Waals surface area contributed by atoms with Crippen molar-refractivity contribution in [3.05, 3.63) is 29.6 Å². The summed E-state index contributed by atoms with van der Waals surface area (Å²) in [5.41, 5.74) is 3.81. The summed E-state index contributed by atoms with van der Waals surface area (Å²) in [6.45, 7) is 8.69. The molecule has 0 aromatic carbocycles. The Bertz CT molecular complexity index is 1110. The van der Waals surface area contributed by atoms with Crippen LogP contribution in [0.2, 0.25) is 0 Å². The number of aromatic nitrogens is 5. The lowest BCUT2D eigenvalue weighted by Crippen LogP contribution is -2.25. The smallest absolute Gasteiger partial charge is 0.227 e. The van der Waals surface area contributed by atoms with Crippen molar-refractivity contribution in [3.8, 4) is 0 Å². The Kier molecular flexibility index (Phi) is 8.51. The number of anilines is 3. The van der Waals surface area contributed by atoms with Gasteiger partial charge in [-0.05, 0) is 57.2 Å². The first-order chi connectivity index (χ1) is 17.0. The van der Waals surface area contributed by atoms with Crippen molar-refractivity contribution in [1.29, 1.82) is 0 Å². The fourth-order valence-corrected chi connectivity index (χ4v) is 4.83. The molecule has 3 aromatic rings. The zero-order chi connectivity index (χ0) is 24.8. The SMILES string of the molecule is CCOCCn1nc(CC(OCC)C2CCCC2)c2nc(N(C)C)nc(Nc3cc(C)ccn3)c21. The van der Waals surface area contributed by atoms with Crippen LogP contribution >= 0.6 is 0 Å². The number of fused-ring (bicyclic) bond motifs is 1. The number of hydrogen-bond donors (Lipinski definition) is 1. The Morgan fingerprint density at radius 1 is 1.17 bits per heavy atom. The summed E-state index contributed by atoms with van der Waals surface area (Å²) >= 11 is 0. The van der Waals surface area contributed by atoms with Gasteiger partial charge in [0, 0.05) is 39.9 Å². The van der Waals surface area contributed by atoms with Crippen LogP contribution < -0.4 is 10.2 Å². The number of ether oxygens (including phenoxy) is 2. The van der Waals surface area contributed by atoms with Crippen molar-refractivity contribution >= 4 is 28.6 Å². The van der Waals surface area contributed by atoms with Crippen LogP contribution in [0.4, 0.5) is 17.6 Å². The van der Waals surface area contributed by atoms with Crippen molar-refractivity contribution in [2.75, 3.05) is 44.1 Å². The van der Waals surface area contributed by atoms with Crippen LogP contribution in [0, 0.1) is 12.8 Å². The van der Waals surface area contributed by atoms with Gasteiger partial charge in [-0.25, -0.2) is 9.97 Å². The number of nitrogens with one attached hydrogen (secondary N) is 1. The summed E-state index contributed by atoms with van der Waals surface area (Å²) in [7, 11) is 3.91. The van der Waals surface area contributed by atoms with Crippen LogP contribution in [0.3, 0.4) is 0 Å². The van der Waals surface area contributed by atoms with Crippen LogP contribution in [0.25, 0.3) is 11.0 Å². The van der Waals surface area contributed by atoms with E-state index in [1.54, 1.807) is 6.20 Å². The Labute approximate surface area is 208 Å². The van der Waals surface area contributed by atoms with Crippen molar-refractivity contribution in [1.82, 2.24) is 24.7 Å². The lowest BCUT2D eigenvalue weighted by atomic mass is 9.96. The molecule has 35 heavy (non-hydrogen) atoms. The van der Waals surface area contributed by atoms with E-state index in [1.807, 2.05) is 42.7 Å². The zero-order valence-corrected chi connectivity index (χ0v) is 21.8. The second-order valence-corrected chi connectivity index (χ2v) is 9.42. The van der Waals surface area contributed by atoms with Gasteiger partial charge in [0.15, 0.2) is 5.82 Å². The second-order valence-electron chi connectivity index (χ2n) is 9.42. The summed E-state index contributed by atoms with van der Waals surface area (Å²) < 4.78 is 13.9. The molecular formula is C26H39N7O2. The zero-order valence-electron chi connectivity index (χ0n) is 21.8. The highest BCUT2D eigenvalue weighted by atomic mass is 16.5. The minimum absolute atomic E-state index is 0.147. The average molecular weight is 482 g/mol. The summed E-state index contributed by atoms with van der Waals surface area (Å²) in [5, 5.41) is 8.49. The van der Waals surface area contributed by atoms with Gasteiger partial charge in [0.25, 0.3) is 0 Å². The van der Waals surface area contributed by atoms with E-state index in [0.29, 0.717) is 44.0 Å². The number of hydrogen-bond acceptors (Lipinski definition) is 8. The molecule has 0 bridgehead atoms. The van der Waals surface area contributed by atoms with E-state index in [1.165, 1.54) is 25.7 Å². The summed E-state index contributed by atoms with van der Waals surface area (Å²) in [6.07, 6.45) is 7.69. The molecule has 1 aliphatic carbocycles. The third kappa shape index (κ3) is 6.08. The second kappa shape index (κ2) is 11.8. The first-order valence-electron chi connectivity index (χ1n) is 12.8. The van der Waals surface area contributed by atoms with Gasteiger partial charge in [-0.1, -0.05) is 12.8 Å². The van der Waals surface area contributed by atoms with Gasteiger partial charge < -0.3 is 19.7 Å². The first-order valence-corrected chi connectivity index (χ1v) is 12.8. The maximum Gasteiger partial charge on any atom is 0.227 e. The number of nitrogens with zero attached hydrogens (tertiary/aromatic N) is 6. The molecule has 1 atom stereocenters. The van der Waals surface area contributed by atoms with Gasteiger partial charge in [0.1, 0.15) is 16.9 Å². The van der Waals surface area contributed by atoms with E-state index >= 15 is 0 Å². The van der Waals surface area contributed by atoms with E-state index in [9.17, 15) is 0 Å². The molecule has 1 saturated carbocycles. The molecule has 1 fully saturated rings. The minimum Gasteiger partial charge on any atom is -0.380 e. The molecule has 1 unspecified atom stereocenters. The monoisotopic (exact) mass is 481 g/mol. The van der Waals surface area contributed by atoms with Crippen LogP contribution in [-0.4, -0.2) is 64.8 Å². The fraction of sp³-hybridized carbons (Fsp3) is 0.615. The van der Waals surface area contributed by atoms with Crippen LogP contribution in [0.5, 0.6) is 0 Å². The molecule has 0 spiro atoms. The van der Waals surface area contributed by atoms with Gasteiger partial charge >= 0.3 is 0 Å². The highest BCUT2D eigenvalue weighted by Gasteiger charge is 2.29. The van der Waals surface area contributed by atoms with Gasteiger partial charge in [-0.2, -0.15) is 10.1 Å². The normalized spacial score (nSPS) is 15.1. The largest absolute Gasteiger partial charge is 0.380 e. The minimum atomic E-state index is 0.147. The molecule has 190 valence electrons. The third-order valence-electron chi connectivity index (χ3n) is 6.56. The van der Waals surface area contributed by atoms with Gasteiger partial charge in [-0.3, -0.25) is 4.68 Å². The average Bonchev–Trinajstić information content (AvgIpc) is 3.48. The molecule has 0 amide bonds. The van der Waals surface area contributed by atoms with Crippen molar-refractivity contribution < 1.29 is 9.47 Å². The standard InChI is InChI=1S/C26H39N7O2/c1-6-34-15-14-33-24-23(20(31-33)17-21(35-7-2)19-10-8-9-11-19)29-26(32(4)5)30-25(24)28-22-16-18(3)12-13-27-22/h12-13,16,19,21H,6-11,14-15,17H2,1-5H3,(H,27,28,29,30). The van der Waals surface area contributed by atoms with Gasteiger partial charge in [0.2, 0.25) is 5.95 Å². The van der Waals surface area contributed by atoms with Crippen LogP contribution in [-0.2, 0) is 22.4 Å². The highest BCUT2D eigenvalue weighted by Crippen LogP contribution is 2.33. The van der Waals surface area contributed by atoms with Crippen LogP contribution in [0.15, 0.2) is 18.3 Å². The number of pyridine rings is 1. The quantitative estimate of drug-likeness (QED) is 0.378. The Balaban J connectivity index is 1.80.